The normalized spacial score (nSPS) is 20.1. The van der Waals surface area contributed by atoms with Crippen molar-refractivity contribution in [2.24, 2.45) is 0 Å². The van der Waals surface area contributed by atoms with E-state index >= 15 is 0 Å². The second-order valence-electron chi connectivity index (χ2n) is 4.12. The highest BCUT2D eigenvalue weighted by Gasteiger charge is 2.36. The van der Waals surface area contributed by atoms with Gasteiger partial charge in [0.05, 0.1) is 5.25 Å². The maximum Gasteiger partial charge on any atom is 0.242 e. The molecule has 1 aliphatic rings. The van der Waals surface area contributed by atoms with Crippen LogP contribution in [-0.4, -0.2) is 29.0 Å². The lowest BCUT2D eigenvalue weighted by atomic mass is 10.2. The first-order chi connectivity index (χ1) is 7.99. The van der Waals surface area contributed by atoms with Crippen molar-refractivity contribution in [2.75, 3.05) is 12.8 Å². The molecule has 4 nitrogen and oxygen atoms in total. The Hall–Kier alpha value is -1.49. The average molecular weight is 250 g/mol. The van der Waals surface area contributed by atoms with Crippen LogP contribution in [0.4, 0.5) is 5.69 Å². The Balaban J connectivity index is 2.14. The molecule has 5 heteroatoms. The predicted molar refractivity (Wildman–Crippen MR) is 67.6 cm³/mol. The highest BCUT2D eigenvalue weighted by molar-refractivity contribution is 8.00. The molecule has 2 amide bonds. The molecule has 1 saturated heterocycles. The lowest BCUT2D eigenvalue weighted by molar-refractivity contribution is -0.136. The standard InChI is InChI=1S/C12H14N2O2S/c1-7-5-8(3-4-9(7)13)17-10-6-11(15)14(2)12(10)16/h3-5,10H,6,13H2,1-2H3. The molecule has 1 aliphatic heterocycles. The number of hydrogen-bond acceptors (Lipinski definition) is 4. The van der Waals surface area contributed by atoms with Gasteiger partial charge in [-0.05, 0) is 30.7 Å². The van der Waals surface area contributed by atoms with Gasteiger partial charge in [0.25, 0.3) is 0 Å². The predicted octanol–water partition coefficient (Wildman–Crippen LogP) is 1.43. The molecular weight excluding hydrogens is 236 g/mol. The van der Waals surface area contributed by atoms with Crippen LogP contribution < -0.4 is 5.73 Å². The summed E-state index contributed by atoms with van der Waals surface area (Å²) in [6, 6.07) is 5.64. The van der Waals surface area contributed by atoms with Crippen LogP contribution in [0.1, 0.15) is 12.0 Å². The van der Waals surface area contributed by atoms with Gasteiger partial charge in [0.1, 0.15) is 0 Å². The fraction of sp³-hybridized carbons (Fsp3) is 0.333. The van der Waals surface area contributed by atoms with Crippen molar-refractivity contribution in [1.29, 1.82) is 0 Å². The number of thioether (sulfide) groups is 1. The molecule has 0 saturated carbocycles. The van der Waals surface area contributed by atoms with E-state index in [2.05, 4.69) is 0 Å². The average Bonchev–Trinajstić information content (AvgIpc) is 2.52. The zero-order valence-electron chi connectivity index (χ0n) is 9.77. The van der Waals surface area contributed by atoms with Crippen LogP contribution in [0.2, 0.25) is 0 Å². The third kappa shape index (κ3) is 2.29. The summed E-state index contributed by atoms with van der Waals surface area (Å²) in [7, 11) is 1.53. The number of benzene rings is 1. The van der Waals surface area contributed by atoms with Crippen LogP contribution >= 0.6 is 11.8 Å². The third-order valence-corrected chi connectivity index (χ3v) is 4.04. The topological polar surface area (TPSA) is 63.4 Å². The van der Waals surface area contributed by atoms with E-state index in [-0.39, 0.29) is 23.5 Å². The van der Waals surface area contributed by atoms with Crippen LogP contribution in [0.5, 0.6) is 0 Å². The van der Waals surface area contributed by atoms with Crippen LogP contribution in [0.15, 0.2) is 23.1 Å². The van der Waals surface area contributed by atoms with Crippen molar-refractivity contribution in [3.8, 4) is 0 Å². The number of nitrogen functional groups attached to an aromatic ring is 1. The first kappa shape index (κ1) is 12.0. The van der Waals surface area contributed by atoms with Crippen molar-refractivity contribution in [3.05, 3.63) is 23.8 Å². The number of imide groups is 1. The summed E-state index contributed by atoms with van der Waals surface area (Å²) >= 11 is 1.42. The van der Waals surface area contributed by atoms with E-state index in [1.165, 1.54) is 23.7 Å². The van der Waals surface area contributed by atoms with Gasteiger partial charge in [-0.25, -0.2) is 0 Å². The minimum Gasteiger partial charge on any atom is -0.399 e. The van der Waals surface area contributed by atoms with Gasteiger partial charge in [-0.1, -0.05) is 0 Å². The summed E-state index contributed by atoms with van der Waals surface area (Å²) in [5, 5.41) is -0.296. The van der Waals surface area contributed by atoms with Gasteiger partial charge in [-0.2, -0.15) is 0 Å². The number of aryl methyl sites for hydroxylation is 1. The van der Waals surface area contributed by atoms with Gasteiger partial charge >= 0.3 is 0 Å². The van der Waals surface area contributed by atoms with Crippen molar-refractivity contribution in [1.82, 2.24) is 4.90 Å². The molecule has 1 fully saturated rings. The van der Waals surface area contributed by atoms with Gasteiger partial charge < -0.3 is 5.73 Å². The smallest absolute Gasteiger partial charge is 0.242 e. The van der Waals surface area contributed by atoms with Crippen molar-refractivity contribution < 1.29 is 9.59 Å². The zero-order valence-corrected chi connectivity index (χ0v) is 10.6. The molecule has 90 valence electrons. The second-order valence-corrected chi connectivity index (χ2v) is 5.40. The minimum atomic E-state index is -0.296. The van der Waals surface area contributed by atoms with Gasteiger partial charge in [0.15, 0.2) is 0 Å². The number of nitrogens with two attached hydrogens (primary N) is 1. The second kappa shape index (κ2) is 4.41. The van der Waals surface area contributed by atoms with Crippen molar-refractivity contribution in [2.45, 2.75) is 23.5 Å². The Morgan fingerprint density at radius 3 is 2.65 bits per heavy atom. The lowest BCUT2D eigenvalue weighted by Gasteiger charge is -2.09. The largest absolute Gasteiger partial charge is 0.399 e. The van der Waals surface area contributed by atoms with E-state index in [1.54, 1.807) is 0 Å². The van der Waals surface area contributed by atoms with Gasteiger partial charge in [0.2, 0.25) is 11.8 Å². The minimum absolute atomic E-state index is 0.111. The van der Waals surface area contributed by atoms with Crippen molar-refractivity contribution >= 4 is 29.3 Å². The summed E-state index contributed by atoms with van der Waals surface area (Å²) in [4.78, 5) is 25.3. The van der Waals surface area contributed by atoms with Gasteiger partial charge in [-0.3, -0.25) is 14.5 Å². The SMILES string of the molecule is Cc1cc(SC2CC(=O)N(C)C2=O)ccc1N. The molecule has 0 bridgehead atoms. The molecule has 17 heavy (non-hydrogen) atoms. The zero-order chi connectivity index (χ0) is 12.6. The Morgan fingerprint density at radius 1 is 1.41 bits per heavy atom. The Kier molecular flexibility index (Phi) is 3.11. The fourth-order valence-corrected chi connectivity index (χ4v) is 2.90. The summed E-state index contributed by atoms with van der Waals surface area (Å²) in [6.45, 7) is 1.92. The number of rotatable bonds is 2. The van der Waals surface area contributed by atoms with Crippen LogP contribution in [0.25, 0.3) is 0 Å². The maximum absolute atomic E-state index is 11.7. The number of hydrogen-bond donors (Lipinski definition) is 1. The lowest BCUT2D eigenvalue weighted by Crippen LogP contribution is -2.26. The summed E-state index contributed by atoms with van der Waals surface area (Å²) in [5.74, 6) is -0.228. The van der Waals surface area contributed by atoms with Gasteiger partial charge in [-0.15, -0.1) is 11.8 Å². The molecule has 1 unspecified atom stereocenters. The molecule has 1 aromatic carbocycles. The molecule has 1 aromatic rings. The first-order valence-corrected chi connectivity index (χ1v) is 6.20. The highest BCUT2D eigenvalue weighted by Crippen LogP contribution is 2.32. The fourth-order valence-electron chi connectivity index (χ4n) is 1.70. The molecule has 0 radical (unpaired) electrons. The molecule has 0 spiro atoms. The number of carbonyl (C=O) groups is 2. The number of carbonyl (C=O) groups excluding carboxylic acids is 2. The molecule has 1 atom stereocenters. The summed E-state index contributed by atoms with van der Waals surface area (Å²) in [6.07, 6.45) is 0.281. The van der Waals surface area contributed by atoms with Crippen molar-refractivity contribution in [3.63, 3.8) is 0 Å². The van der Waals surface area contributed by atoms with Gasteiger partial charge in [0, 0.05) is 24.1 Å². The molecule has 2 N–H and O–H groups in total. The monoisotopic (exact) mass is 250 g/mol. The summed E-state index contributed by atoms with van der Waals surface area (Å²) in [5.41, 5.74) is 7.45. The Bertz CT molecular complexity index is 487. The number of anilines is 1. The Morgan fingerprint density at radius 2 is 2.12 bits per heavy atom. The quantitative estimate of drug-likeness (QED) is 0.637. The number of amides is 2. The molecule has 1 heterocycles. The summed E-state index contributed by atoms with van der Waals surface area (Å²) < 4.78 is 0. The van der Waals surface area contributed by atoms with E-state index in [1.807, 2.05) is 25.1 Å². The van der Waals surface area contributed by atoms with E-state index in [4.69, 9.17) is 5.73 Å². The maximum atomic E-state index is 11.7. The highest BCUT2D eigenvalue weighted by atomic mass is 32.2. The van der Waals surface area contributed by atoms with E-state index in [0.717, 1.165) is 16.1 Å². The van der Waals surface area contributed by atoms with E-state index in [9.17, 15) is 9.59 Å². The molecule has 2 rings (SSSR count). The number of likely N-dealkylation sites (tertiary alicyclic amines) is 1. The van der Waals surface area contributed by atoms with Crippen LogP contribution in [0, 0.1) is 6.92 Å². The third-order valence-electron chi connectivity index (χ3n) is 2.86. The Labute approximate surface area is 104 Å². The first-order valence-electron chi connectivity index (χ1n) is 5.32. The molecule has 0 aliphatic carbocycles. The van der Waals surface area contributed by atoms with E-state index < -0.39 is 0 Å². The molecular formula is C12H14N2O2S. The van der Waals surface area contributed by atoms with Crippen LogP contribution in [0.3, 0.4) is 0 Å². The van der Waals surface area contributed by atoms with Crippen LogP contribution in [-0.2, 0) is 9.59 Å². The number of nitrogens with zero attached hydrogens (tertiary/aromatic N) is 1. The molecule has 0 aromatic heterocycles. The van der Waals surface area contributed by atoms with E-state index in [0.29, 0.717) is 0 Å².